The molecule has 0 atom stereocenters. The number of benzene rings is 3. The number of nitriles is 1. The van der Waals surface area contributed by atoms with E-state index in [-0.39, 0.29) is 55.6 Å². The van der Waals surface area contributed by atoms with Crippen LogP contribution in [-0.4, -0.2) is 19.9 Å². The molecule has 262 valence electrons. The molecule has 1 aliphatic heterocycles. The Labute approximate surface area is 289 Å². The molecule has 0 fully saturated rings. The Hall–Kier alpha value is -6.82. The molecule has 8 rings (SSSR count). The predicted octanol–water partition coefficient (Wildman–Crippen LogP) is 11.0. The summed E-state index contributed by atoms with van der Waals surface area (Å²) in [5.74, 6) is -22.0. The fraction of sp³-hybridized carbons (Fsp3) is 0. The number of aromatic amines is 3. The lowest BCUT2D eigenvalue weighted by Gasteiger charge is -2.10. The van der Waals surface area contributed by atoms with Crippen LogP contribution in [0.5, 0.6) is 0 Å². The molecule has 4 aromatic heterocycles. The topological polar surface area (TPSA) is 84.0 Å². The van der Waals surface area contributed by atoms with Crippen LogP contribution in [0.15, 0.2) is 60.7 Å². The summed E-state index contributed by atoms with van der Waals surface area (Å²) in [5, 5.41) is 9.37. The lowest BCUT2D eigenvalue weighted by Crippen LogP contribution is -2.05. The van der Waals surface area contributed by atoms with E-state index in [1.165, 1.54) is 72.8 Å². The van der Waals surface area contributed by atoms with Crippen LogP contribution >= 0.6 is 0 Å². The highest BCUT2D eigenvalue weighted by atomic mass is 19.2. The molecule has 0 amide bonds. The van der Waals surface area contributed by atoms with Crippen molar-refractivity contribution in [2.24, 2.45) is 0 Å². The number of halogens is 10. The van der Waals surface area contributed by atoms with E-state index in [4.69, 9.17) is 0 Å². The number of nitrogens with zero attached hydrogens (tertiary/aromatic N) is 2. The molecule has 53 heavy (non-hydrogen) atoms. The van der Waals surface area contributed by atoms with Gasteiger partial charge < -0.3 is 15.0 Å². The average Bonchev–Trinajstić information content (AvgIpc) is 4.00. The fourth-order valence-corrected chi connectivity index (χ4v) is 6.35. The average molecular weight is 732 g/mol. The number of H-pyrrole nitrogens is 3. The van der Waals surface area contributed by atoms with E-state index in [2.05, 4.69) is 19.9 Å². The molecule has 0 radical (unpaired) electrons. The Balaban J connectivity index is 1.60. The maximum atomic E-state index is 15.5. The highest BCUT2D eigenvalue weighted by molar-refractivity contribution is 6.00. The second-order valence-electron chi connectivity index (χ2n) is 11.8. The van der Waals surface area contributed by atoms with Crippen molar-refractivity contribution in [3.05, 3.63) is 136 Å². The first-order valence-corrected chi connectivity index (χ1v) is 15.3. The number of aromatic nitrogens is 4. The smallest absolute Gasteiger partial charge is 0.200 e. The second-order valence-corrected chi connectivity index (χ2v) is 11.8. The van der Waals surface area contributed by atoms with E-state index in [1.807, 2.05) is 6.07 Å². The number of fused-ring (bicyclic) bond motifs is 9. The molecule has 1 aliphatic rings. The van der Waals surface area contributed by atoms with Crippen molar-refractivity contribution in [1.29, 1.82) is 5.26 Å². The molecule has 5 nitrogen and oxygen atoms in total. The van der Waals surface area contributed by atoms with Crippen LogP contribution in [0.4, 0.5) is 43.9 Å². The molecule has 3 N–H and O–H groups in total. The van der Waals surface area contributed by atoms with E-state index in [9.17, 15) is 31.6 Å². The largest absolute Gasteiger partial charge is 0.354 e. The molecule has 8 bridgehead atoms. The number of hydrogen-bond acceptors (Lipinski definition) is 2. The number of rotatable bonds is 3. The molecule has 7 aromatic rings. The summed E-state index contributed by atoms with van der Waals surface area (Å²) in [5.41, 5.74) is -3.04. The zero-order chi connectivity index (χ0) is 37.5. The Morgan fingerprint density at radius 1 is 0.377 bits per heavy atom. The summed E-state index contributed by atoms with van der Waals surface area (Å²) in [4.78, 5) is 13.1. The van der Waals surface area contributed by atoms with Gasteiger partial charge in [-0.15, -0.1) is 0 Å². The van der Waals surface area contributed by atoms with Crippen LogP contribution in [0.3, 0.4) is 0 Å². The predicted molar refractivity (Wildman–Crippen MR) is 176 cm³/mol. The normalized spacial score (nSPS) is 11.9. The van der Waals surface area contributed by atoms with Gasteiger partial charge in [-0.2, -0.15) is 5.26 Å². The standard InChI is InChI=1S/C38H15F10N5/c39-29-27(30(40)34(44)37(47)33(29)43)25-20-7-5-16(50-20)17-6-8-21(51-17)26(28-31(41)35(45)38(48)36(46)32(28)42)23-12-10-19(53-23)24(18-9-11-22(25)52-18)15-3-1-14(13-49)2-4-15/h1-12,50,52-53H. The Bertz CT molecular complexity index is 2860. The SMILES string of the molecule is N#Cc1ccc(-c2c3ccc([nH]3)c(-c3c(F)c(F)c(F)c(F)c3F)c3nc(c4ccc([nH]4)c(-c4c(F)c(F)c(F)c(F)c4F)c4ccc2[nH]4)C=C3)cc1. The summed E-state index contributed by atoms with van der Waals surface area (Å²) in [7, 11) is 0. The van der Waals surface area contributed by atoms with Crippen molar-refractivity contribution >= 4 is 45.3 Å². The summed E-state index contributed by atoms with van der Waals surface area (Å²) in [6.45, 7) is 0. The van der Waals surface area contributed by atoms with E-state index in [1.54, 1.807) is 0 Å². The Morgan fingerprint density at radius 3 is 1.21 bits per heavy atom. The summed E-state index contributed by atoms with van der Waals surface area (Å²) >= 11 is 0. The van der Waals surface area contributed by atoms with Crippen molar-refractivity contribution in [1.82, 2.24) is 19.9 Å². The molecular formula is C38H15F10N5. The first kappa shape index (κ1) is 33.3. The number of hydrogen-bond donors (Lipinski definition) is 3. The minimum atomic E-state index is -2.37. The van der Waals surface area contributed by atoms with E-state index in [0.29, 0.717) is 5.56 Å². The molecule has 0 saturated carbocycles. The summed E-state index contributed by atoms with van der Waals surface area (Å²) < 4.78 is 149. The number of nitrogens with one attached hydrogen (secondary N) is 3. The van der Waals surface area contributed by atoms with E-state index < -0.39 is 80.4 Å². The molecular weight excluding hydrogens is 716 g/mol. The molecule has 0 unspecified atom stereocenters. The van der Waals surface area contributed by atoms with Crippen LogP contribution in [0.1, 0.15) is 17.0 Å². The maximum absolute atomic E-state index is 15.5. The molecule has 0 saturated heterocycles. The second kappa shape index (κ2) is 12.2. The van der Waals surface area contributed by atoms with Crippen molar-refractivity contribution in [2.45, 2.75) is 0 Å². The van der Waals surface area contributed by atoms with Crippen LogP contribution in [0.2, 0.25) is 0 Å². The van der Waals surface area contributed by atoms with Gasteiger partial charge in [-0.05, 0) is 66.2 Å². The summed E-state index contributed by atoms with van der Waals surface area (Å²) in [6.07, 6.45) is 2.54. The minimum Gasteiger partial charge on any atom is -0.354 e. The minimum absolute atomic E-state index is 0.00282. The highest BCUT2D eigenvalue weighted by Crippen LogP contribution is 2.40. The zero-order valence-corrected chi connectivity index (χ0v) is 26.1. The highest BCUT2D eigenvalue weighted by Gasteiger charge is 2.31. The molecule has 0 aliphatic carbocycles. The van der Waals surface area contributed by atoms with Crippen molar-refractivity contribution in [3.8, 4) is 39.4 Å². The van der Waals surface area contributed by atoms with Gasteiger partial charge >= 0.3 is 0 Å². The third-order valence-corrected chi connectivity index (χ3v) is 8.80. The fourth-order valence-electron chi connectivity index (χ4n) is 6.35. The van der Waals surface area contributed by atoms with E-state index >= 15 is 17.6 Å². The van der Waals surface area contributed by atoms with Gasteiger partial charge in [0, 0.05) is 44.3 Å². The molecule has 0 spiro atoms. The van der Waals surface area contributed by atoms with Crippen LogP contribution in [0, 0.1) is 69.5 Å². The van der Waals surface area contributed by atoms with Gasteiger partial charge in [-0.25, -0.2) is 48.9 Å². The zero-order valence-electron chi connectivity index (χ0n) is 26.1. The van der Waals surface area contributed by atoms with Gasteiger partial charge in [0.05, 0.1) is 39.7 Å². The molecule has 5 heterocycles. The van der Waals surface area contributed by atoms with Gasteiger partial charge in [0.1, 0.15) is 0 Å². The van der Waals surface area contributed by atoms with Crippen LogP contribution in [-0.2, 0) is 0 Å². The molecule has 15 heteroatoms. The van der Waals surface area contributed by atoms with Gasteiger partial charge in [-0.1, -0.05) is 12.1 Å². The van der Waals surface area contributed by atoms with Gasteiger partial charge in [0.2, 0.25) is 11.6 Å². The van der Waals surface area contributed by atoms with Gasteiger partial charge in [0.15, 0.2) is 46.5 Å². The lowest BCUT2D eigenvalue weighted by molar-refractivity contribution is 0.381. The third-order valence-electron chi connectivity index (χ3n) is 8.80. The first-order chi connectivity index (χ1) is 25.4. The van der Waals surface area contributed by atoms with E-state index in [0.717, 1.165) is 0 Å². The quantitative estimate of drug-likeness (QED) is 0.0960. The lowest BCUT2D eigenvalue weighted by atomic mass is 10.0. The third kappa shape index (κ3) is 5.05. The van der Waals surface area contributed by atoms with Gasteiger partial charge in [-0.3, -0.25) is 0 Å². The molecule has 3 aromatic carbocycles. The maximum Gasteiger partial charge on any atom is 0.200 e. The Morgan fingerprint density at radius 2 is 0.736 bits per heavy atom. The first-order valence-electron chi connectivity index (χ1n) is 15.3. The van der Waals surface area contributed by atoms with Crippen LogP contribution in [0.25, 0.3) is 78.6 Å². The van der Waals surface area contributed by atoms with Crippen LogP contribution < -0.4 is 0 Å². The summed E-state index contributed by atoms with van der Waals surface area (Å²) in [6, 6.07) is 16.0. The van der Waals surface area contributed by atoms with Crippen molar-refractivity contribution in [3.63, 3.8) is 0 Å². The van der Waals surface area contributed by atoms with Crippen molar-refractivity contribution in [2.75, 3.05) is 0 Å². The van der Waals surface area contributed by atoms with Crippen molar-refractivity contribution < 1.29 is 43.9 Å². The van der Waals surface area contributed by atoms with Gasteiger partial charge in [0.25, 0.3) is 0 Å². The Kier molecular flexibility index (Phi) is 7.64. The monoisotopic (exact) mass is 731 g/mol.